The number of carbonyl (C=O) groups is 1. The molecule has 0 spiro atoms. The summed E-state index contributed by atoms with van der Waals surface area (Å²) in [7, 11) is -5.53. The first-order valence-corrected chi connectivity index (χ1v) is 16.2. The van der Waals surface area contributed by atoms with Crippen LogP contribution in [0.5, 0.6) is 0 Å². The number of phosphoric acid groups is 1. The van der Waals surface area contributed by atoms with E-state index in [0.717, 1.165) is 13.3 Å². The third kappa shape index (κ3) is 7.69. The fourth-order valence-corrected chi connectivity index (χ4v) is 7.28. The Bertz CT molecular complexity index is 1410. The Hall–Kier alpha value is -1.85. The van der Waals surface area contributed by atoms with Crippen molar-refractivity contribution in [2.45, 2.75) is 68.3 Å². The molecule has 0 saturated carbocycles. The molecule has 0 bridgehead atoms. The van der Waals surface area contributed by atoms with Crippen LogP contribution in [-0.2, 0) is 48.7 Å². The number of hydrogen-bond acceptors (Lipinski definition) is 18. The number of alkyl halides is 1. The van der Waals surface area contributed by atoms with Gasteiger partial charge in [0, 0.05) is 6.92 Å². The van der Waals surface area contributed by atoms with Crippen molar-refractivity contribution in [3.8, 4) is 0 Å². The molecule has 4 rings (SSSR count). The zero-order chi connectivity index (χ0) is 31.9. The van der Waals surface area contributed by atoms with Crippen LogP contribution in [0.4, 0.5) is 10.2 Å². The van der Waals surface area contributed by atoms with E-state index in [0.29, 0.717) is 0 Å². The first-order chi connectivity index (χ1) is 20.0. The highest BCUT2D eigenvalue weighted by molar-refractivity contribution is 8.08. The fourth-order valence-electron chi connectivity index (χ4n) is 4.18. The lowest BCUT2D eigenvalue weighted by atomic mass is 9.96. The average molecular weight is 679 g/mol. The third-order valence-electron chi connectivity index (χ3n) is 6.25. The Morgan fingerprint density at radius 1 is 1.12 bits per heavy atom. The van der Waals surface area contributed by atoms with E-state index in [1.165, 1.54) is 10.9 Å². The van der Waals surface area contributed by atoms with Gasteiger partial charge in [-0.05, 0) is 11.8 Å². The summed E-state index contributed by atoms with van der Waals surface area (Å²) in [5.41, 5.74) is 6.10. The number of aliphatic hydroxyl groups excluding tert-OH is 5. The third-order valence-corrected chi connectivity index (χ3v) is 9.77. The molecule has 0 aliphatic carbocycles. The number of carbonyl (C=O) groups excluding carboxylic acids is 1. The van der Waals surface area contributed by atoms with Crippen LogP contribution < -0.4 is 5.73 Å². The minimum atomic E-state index is -5.53. The number of phosphoric ester groups is 1. The second-order valence-corrected chi connectivity index (χ2v) is 13.7. The van der Waals surface area contributed by atoms with Crippen molar-refractivity contribution in [3.63, 3.8) is 0 Å². The van der Waals surface area contributed by atoms with Gasteiger partial charge in [-0.3, -0.25) is 13.9 Å². The van der Waals surface area contributed by atoms with E-state index in [9.17, 15) is 49.1 Å². The van der Waals surface area contributed by atoms with E-state index in [2.05, 4.69) is 28.5 Å². The largest absolute Gasteiger partial charge is 0.481 e. The molecular formula is C19H28FN5O15P2S. The number of ether oxygens (including phenoxy) is 3. The van der Waals surface area contributed by atoms with Crippen LogP contribution in [0.25, 0.3) is 11.2 Å². The lowest BCUT2D eigenvalue weighted by Gasteiger charge is -2.41. The molecule has 2 aromatic heterocycles. The number of nitrogens with two attached hydrogens (primary N) is 1. The van der Waals surface area contributed by atoms with Crippen molar-refractivity contribution in [3.05, 3.63) is 12.7 Å². The van der Waals surface area contributed by atoms with Gasteiger partial charge in [-0.2, -0.15) is 0 Å². The average Bonchev–Trinajstić information content (AvgIpc) is 3.47. The normalized spacial score (nSPS) is 34.9. The molecule has 2 aliphatic rings. The second-order valence-electron chi connectivity index (χ2n) is 9.31. The Labute approximate surface area is 245 Å². The molecule has 9 N–H and O–H groups in total. The predicted molar refractivity (Wildman–Crippen MR) is 138 cm³/mol. The Morgan fingerprint density at radius 2 is 1.81 bits per heavy atom. The fraction of sp³-hybridized carbons (Fsp3) is 0.684. The monoisotopic (exact) mass is 679 g/mol. The van der Waals surface area contributed by atoms with Crippen molar-refractivity contribution >= 4 is 49.3 Å². The molecule has 0 amide bonds. The molecule has 0 aromatic carbocycles. The molecule has 242 valence electrons. The van der Waals surface area contributed by atoms with Crippen molar-refractivity contribution in [2.75, 3.05) is 18.9 Å². The van der Waals surface area contributed by atoms with E-state index >= 15 is 0 Å². The standard InChI is InChI=1S/C19H28FN5O15P2S/c1-6(26)35-2-7(20)15-12(29)11(28)14(31)19(38-15)39-41(32,33)40-42(34,43)36-3-8-10(27)13(30)18(37-8)25-5-24-9-16(21)22-4-23-17(9)25/h4-5,7-8,10-15,18-19,27-31H,2-3H2,1H3,(H,32,33)(H,34,43)(H2,21,22,23)/t7-,8+,10?,11?,12-,13?,14?,15?,18+,19-,42?/m0/s1. The van der Waals surface area contributed by atoms with E-state index in [4.69, 9.17) is 31.5 Å². The summed E-state index contributed by atoms with van der Waals surface area (Å²) in [6.07, 6.45) is -16.6. The van der Waals surface area contributed by atoms with Gasteiger partial charge in [0.25, 0.3) is 0 Å². The number of nitrogen functional groups attached to an aromatic ring is 1. The van der Waals surface area contributed by atoms with Gasteiger partial charge in [0.15, 0.2) is 30.2 Å². The number of hydrogen-bond donors (Lipinski definition) is 8. The Morgan fingerprint density at radius 3 is 2.49 bits per heavy atom. The van der Waals surface area contributed by atoms with Gasteiger partial charge in [0.2, 0.25) is 0 Å². The number of imidazole rings is 1. The zero-order valence-corrected chi connectivity index (χ0v) is 24.4. The summed E-state index contributed by atoms with van der Waals surface area (Å²) in [5.74, 6) is -0.830. The van der Waals surface area contributed by atoms with Crippen LogP contribution in [0.1, 0.15) is 13.2 Å². The highest BCUT2D eigenvalue weighted by Crippen LogP contribution is 2.61. The number of halogens is 1. The first-order valence-electron chi connectivity index (χ1n) is 12.1. The molecule has 12 atom stereocenters. The van der Waals surface area contributed by atoms with Crippen molar-refractivity contribution in [1.82, 2.24) is 19.5 Å². The molecule has 0 radical (unpaired) electrons. The summed E-state index contributed by atoms with van der Waals surface area (Å²) < 4.78 is 57.5. The topological polar surface area (TPSA) is 301 Å². The molecule has 2 aliphatic heterocycles. The maximum Gasteiger partial charge on any atom is 0.481 e. The van der Waals surface area contributed by atoms with Crippen molar-refractivity contribution < 1.29 is 76.6 Å². The summed E-state index contributed by atoms with van der Waals surface area (Å²) >= 11 is 4.71. The van der Waals surface area contributed by atoms with Gasteiger partial charge in [0.05, 0.1) is 12.9 Å². The predicted octanol–water partition coefficient (Wildman–Crippen LogP) is -2.90. The molecule has 7 unspecified atom stereocenters. The molecular weight excluding hydrogens is 651 g/mol. The quantitative estimate of drug-likeness (QED) is 0.0872. The summed E-state index contributed by atoms with van der Waals surface area (Å²) in [6, 6.07) is 0. The van der Waals surface area contributed by atoms with Gasteiger partial charge in [-0.15, -0.1) is 0 Å². The lowest BCUT2D eigenvalue weighted by molar-refractivity contribution is -0.287. The molecule has 4 heterocycles. The van der Waals surface area contributed by atoms with Crippen molar-refractivity contribution in [2.24, 2.45) is 0 Å². The van der Waals surface area contributed by atoms with Crippen LogP contribution in [0, 0.1) is 0 Å². The van der Waals surface area contributed by atoms with Gasteiger partial charge in [-0.1, -0.05) is 0 Å². The lowest BCUT2D eigenvalue weighted by Crippen LogP contribution is -2.61. The van der Waals surface area contributed by atoms with Crippen LogP contribution in [0.3, 0.4) is 0 Å². The van der Waals surface area contributed by atoms with Gasteiger partial charge in [0.1, 0.15) is 61.2 Å². The van der Waals surface area contributed by atoms with Gasteiger partial charge in [-0.25, -0.2) is 28.2 Å². The van der Waals surface area contributed by atoms with Gasteiger partial charge >= 0.3 is 20.5 Å². The molecule has 43 heavy (non-hydrogen) atoms. The molecule has 24 heteroatoms. The van der Waals surface area contributed by atoms with E-state index < -0.39 is 95.1 Å². The molecule has 2 fully saturated rings. The number of aliphatic hydroxyl groups is 5. The highest BCUT2D eigenvalue weighted by Gasteiger charge is 2.51. The van der Waals surface area contributed by atoms with E-state index in [1.54, 1.807) is 0 Å². The highest BCUT2D eigenvalue weighted by atomic mass is 32.5. The summed E-state index contributed by atoms with van der Waals surface area (Å²) in [6.45, 7) is -5.47. The molecule has 2 saturated heterocycles. The van der Waals surface area contributed by atoms with Crippen LogP contribution in [0.2, 0.25) is 0 Å². The second kappa shape index (κ2) is 13.3. The number of aromatic nitrogens is 4. The summed E-state index contributed by atoms with van der Waals surface area (Å²) in [4.78, 5) is 43.3. The SMILES string of the molecule is CC(=O)OC[C@H](F)C1O[C@@H](OP(=O)(O)OP(O)(=S)OC[C@H]2O[C@@H](n3cnc4c(N)ncnc43)C(O)C2O)C(O)C(O)[C@@H]1O. The number of esters is 1. The van der Waals surface area contributed by atoms with Crippen molar-refractivity contribution in [1.29, 1.82) is 0 Å². The molecule has 20 nitrogen and oxygen atoms in total. The van der Waals surface area contributed by atoms with Crippen LogP contribution >= 0.6 is 14.5 Å². The van der Waals surface area contributed by atoms with Gasteiger partial charge < -0.3 is 59.8 Å². The Balaban J connectivity index is 1.37. The minimum Gasteiger partial charge on any atom is -0.463 e. The maximum absolute atomic E-state index is 14.5. The first kappa shape index (κ1) is 34.0. The minimum absolute atomic E-state index is 0.0457. The number of anilines is 1. The maximum atomic E-state index is 14.5. The number of fused-ring (bicyclic) bond motifs is 1. The Kier molecular flexibility index (Phi) is 10.5. The van der Waals surface area contributed by atoms with E-state index in [1.807, 2.05) is 0 Å². The smallest absolute Gasteiger partial charge is 0.463 e. The molecule has 2 aromatic rings. The summed E-state index contributed by atoms with van der Waals surface area (Å²) in [5, 5.41) is 51.2. The number of rotatable bonds is 11. The number of nitrogens with zero attached hydrogens (tertiary/aromatic N) is 4. The van der Waals surface area contributed by atoms with Crippen LogP contribution in [-0.4, -0.2) is 129 Å². The zero-order valence-electron chi connectivity index (χ0n) is 21.8. The van der Waals surface area contributed by atoms with Crippen LogP contribution in [0.15, 0.2) is 12.7 Å². The van der Waals surface area contributed by atoms with E-state index in [-0.39, 0.29) is 17.0 Å².